The van der Waals surface area contributed by atoms with Crippen molar-refractivity contribution in [2.45, 2.75) is 20.4 Å². The summed E-state index contributed by atoms with van der Waals surface area (Å²) in [5.41, 5.74) is 3.27. The third-order valence-electron chi connectivity index (χ3n) is 3.83. The highest BCUT2D eigenvalue weighted by Gasteiger charge is 2.15. The van der Waals surface area contributed by atoms with E-state index >= 15 is 0 Å². The number of para-hydroxylation sites is 1. The first-order chi connectivity index (χ1) is 12.0. The Labute approximate surface area is 147 Å². The molecule has 2 rings (SSSR count). The van der Waals surface area contributed by atoms with Gasteiger partial charge in [0.2, 0.25) is 0 Å². The van der Waals surface area contributed by atoms with Crippen molar-refractivity contribution >= 4 is 17.5 Å². The Morgan fingerprint density at radius 3 is 2.16 bits per heavy atom. The molecule has 2 aromatic carbocycles. The fourth-order valence-electron chi connectivity index (χ4n) is 2.44. The Hall–Kier alpha value is -3.02. The SMILES string of the molecule is COc1ccc(CNC(=O)C(=O)Nc2c(C)cccc2C)cc1OC. The lowest BCUT2D eigenvalue weighted by atomic mass is 10.1. The molecule has 0 saturated carbocycles. The minimum atomic E-state index is -0.697. The third-order valence-corrected chi connectivity index (χ3v) is 3.83. The first-order valence-corrected chi connectivity index (χ1v) is 7.82. The zero-order chi connectivity index (χ0) is 18.4. The summed E-state index contributed by atoms with van der Waals surface area (Å²) >= 11 is 0. The second kappa shape index (κ2) is 8.19. The zero-order valence-electron chi connectivity index (χ0n) is 14.8. The van der Waals surface area contributed by atoms with Crippen molar-refractivity contribution in [2.24, 2.45) is 0 Å². The van der Waals surface area contributed by atoms with E-state index in [1.807, 2.05) is 32.0 Å². The van der Waals surface area contributed by atoms with E-state index in [0.717, 1.165) is 16.7 Å². The minimum Gasteiger partial charge on any atom is -0.493 e. The van der Waals surface area contributed by atoms with Crippen molar-refractivity contribution < 1.29 is 19.1 Å². The van der Waals surface area contributed by atoms with Gasteiger partial charge in [-0.15, -0.1) is 0 Å². The maximum Gasteiger partial charge on any atom is 0.313 e. The molecule has 0 heterocycles. The second-order valence-corrected chi connectivity index (χ2v) is 5.59. The van der Waals surface area contributed by atoms with Crippen LogP contribution in [0.4, 0.5) is 5.69 Å². The summed E-state index contributed by atoms with van der Waals surface area (Å²) in [6.45, 7) is 3.97. The van der Waals surface area contributed by atoms with Crippen LogP contribution in [0.25, 0.3) is 0 Å². The van der Waals surface area contributed by atoms with E-state index in [2.05, 4.69) is 10.6 Å². The van der Waals surface area contributed by atoms with Crippen molar-refractivity contribution in [3.63, 3.8) is 0 Å². The smallest absolute Gasteiger partial charge is 0.313 e. The predicted octanol–water partition coefficient (Wildman–Crippen LogP) is 2.58. The molecule has 132 valence electrons. The van der Waals surface area contributed by atoms with Crippen LogP contribution in [0.3, 0.4) is 0 Å². The van der Waals surface area contributed by atoms with E-state index in [-0.39, 0.29) is 6.54 Å². The summed E-state index contributed by atoms with van der Waals surface area (Å²) in [6.07, 6.45) is 0. The van der Waals surface area contributed by atoms with Crippen molar-refractivity contribution in [1.29, 1.82) is 0 Å². The Bertz CT molecular complexity index is 767. The van der Waals surface area contributed by atoms with E-state index in [1.54, 1.807) is 25.3 Å². The molecule has 0 aliphatic carbocycles. The minimum absolute atomic E-state index is 0.208. The Morgan fingerprint density at radius 1 is 0.920 bits per heavy atom. The summed E-state index contributed by atoms with van der Waals surface area (Å²) in [5, 5.41) is 5.26. The number of carbonyl (C=O) groups excluding carboxylic acids is 2. The molecule has 0 unspecified atom stereocenters. The molecule has 2 amide bonds. The number of amides is 2. The first kappa shape index (κ1) is 18.3. The maximum atomic E-state index is 12.1. The van der Waals surface area contributed by atoms with Crippen LogP contribution < -0.4 is 20.1 Å². The molecule has 0 fully saturated rings. The summed E-state index contributed by atoms with van der Waals surface area (Å²) in [7, 11) is 3.09. The molecule has 0 bridgehead atoms. The van der Waals surface area contributed by atoms with Gasteiger partial charge < -0.3 is 20.1 Å². The first-order valence-electron chi connectivity index (χ1n) is 7.82. The van der Waals surface area contributed by atoms with Crippen molar-refractivity contribution in [3.05, 3.63) is 53.1 Å². The predicted molar refractivity (Wildman–Crippen MR) is 95.9 cm³/mol. The highest BCUT2D eigenvalue weighted by Crippen LogP contribution is 2.27. The van der Waals surface area contributed by atoms with E-state index in [1.165, 1.54) is 7.11 Å². The molecule has 0 aromatic heterocycles. The van der Waals surface area contributed by atoms with Gasteiger partial charge in [0.05, 0.1) is 14.2 Å². The number of aryl methyl sites for hydroxylation is 2. The molecule has 0 aliphatic rings. The van der Waals surface area contributed by atoms with Gasteiger partial charge in [-0.3, -0.25) is 9.59 Å². The van der Waals surface area contributed by atoms with Crippen LogP contribution >= 0.6 is 0 Å². The monoisotopic (exact) mass is 342 g/mol. The fourth-order valence-corrected chi connectivity index (χ4v) is 2.44. The van der Waals surface area contributed by atoms with Gasteiger partial charge in [-0.1, -0.05) is 24.3 Å². The number of benzene rings is 2. The van der Waals surface area contributed by atoms with Crippen molar-refractivity contribution in [3.8, 4) is 11.5 Å². The molecule has 0 radical (unpaired) electrons. The van der Waals surface area contributed by atoms with Crippen LogP contribution in [0.15, 0.2) is 36.4 Å². The zero-order valence-corrected chi connectivity index (χ0v) is 14.8. The number of anilines is 1. The maximum absolute atomic E-state index is 12.1. The van der Waals surface area contributed by atoms with Crippen molar-refractivity contribution in [2.75, 3.05) is 19.5 Å². The molecule has 2 N–H and O–H groups in total. The summed E-state index contributed by atoms with van der Waals surface area (Å²) in [5.74, 6) is -0.227. The van der Waals surface area contributed by atoms with E-state index in [0.29, 0.717) is 17.2 Å². The standard InChI is InChI=1S/C19H22N2O4/c1-12-6-5-7-13(2)17(12)21-19(23)18(22)20-11-14-8-9-15(24-3)16(10-14)25-4/h5-10H,11H2,1-4H3,(H,20,22)(H,21,23). The van der Waals surface area contributed by atoms with Crippen molar-refractivity contribution in [1.82, 2.24) is 5.32 Å². The topological polar surface area (TPSA) is 76.7 Å². The fraction of sp³-hybridized carbons (Fsp3) is 0.263. The normalized spacial score (nSPS) is 10.1. The number of hydrogen-bond acceptors (Lipinski definition) is 4. The highest BCUT2D eigenvalue weighted by molar-refractivity contribution is 6.39. The molecule has 0 aliphatic heterocycles. The lowest BCUT2D eigenvalue weighted by Crippen LogP contribution is -2.35. The molecule has 0 atom stereocenters. The summed E-state index contributed by atoms with van der Waals surface area (Å²) < 4.78 is 10.4. The molecular formula is C19H22N2O4. The molecule has 25 heavy (non-hydrogen) atoms. The average Bonchev–Trinajstić information content (AvgIpc) is 2.62. The van der Waals surface area contributed by atoms with Crippen LogP contribution in [0, 0.1) is 13.8 Å². The van der Waals surface area contributed by atoms with Gasteiger partial charge in [-0.25, -0.2) is 0 Å². The Kier molecular flexibility index (Phi) is 6.00. The molecule has 6 heteroatoms. The lowest BCUT2D eigenvalue weighted by Gasteiger charge is -2.12. The number of methoxy groups -OCH3 is 2. The molecule has 0 spiro atoms. The van der Waals surface area contributed by atoms with Crippen LogP contribution in [0.1, 0.15) is 16.7 Å². The van der Waals surface area contributed by atoms with Crippen LogP contribution in [-0.2, 0) is 16.1 Å². The van der Waals surface area contributed by atoms with Gasteiger partial charge >= 0.3 is 11.8 Å². The number of ether oxygens (including phenoxy) is 2. The van der Waals surface area contributed by atoms with Gasteiger partial charge in [-0.2, -0.15) is 0 Å². The van der Waals surface area contributed by atoms with E-state index in [4.69, 9.17) is 9.47 Å². The van der Waals surface area contributed by atoms with E-state index in [9.17, 15) is 9.59 Å². The van der Waals surface area contributed by atoms with Gasteiger partial charge in [-0.05, 0) is 42.7 Å². The number of hydrogen-bond donors (Lipinski definition) is 2. The van der Waals surface area contributed by atoms with Gasteiger partial charge in [0.15, 0.2) is 11.5 Å². The van der Waals surface area contributed by atoms with Crippen LogP contribution in [0.2, 0.25) is 0 Å². The average molecular weight is 342 g/mol. The summed E-state index contributed by atoms with van der Waals surface area (Å²) in [4.78, 5) is 24.1. The number of carbonyl (C=O) groups is 2. The molecule has 2 aromatic rings. The van der Waals surface area contributed by atoms with Crippen LogP contribution in [-0.4, -0.2) is 26.0 Å². The largest absolute Gasteiger partial charge is 0.493 e. The van der Waals surface area contributed by atoms with E-state index < -0.39 is 11.8 Å². The van der Waals surface area contributed by atoms with Gasteiger partial charge in [0, 0.05) is 12.2 Å². The Morgan fingerprint density at radius 2 is 1.56 bits per heavy atom. The lowest BCUT2D eigenvalue weighted by molar-refractivity contribution is -0.136. The number of nitrogens with one attached hydrogen (secondary N) is 2. The molecule has 6 nitrogen and oxygen atoms in total. The highest BCUT2D eigenvalue weighted by atomic mass is 16.5. The molecule has 0 saturated heterocycles. The third kappa shape index (κ3) is 4.50. The van der Waals surface area contributed by atoms with Gasteiger partial charge in [0.25, 0.3) is 0 Å². The van der Waals surface area contributed by atoms with Gasteiger partial charge in [0.1, 0.15) is 0 Å². The second-order valence-electron chi connectivity index (χ2n) is 5.59. The van der Waals surface area contributed by atoms with Crippen LogP contribution in [0.5, 0.6) is 11.5 Å². The quantitative estimate of drug-likeness (QED) is 0.819. The Balaban J connectivity index is 1.99. The molecular weight excluding hydrogens is 320 g/mol. The number of rotatable bonds is 5. The summed E-state index contributed by atoms with van der Waals surface area (Å²) in [6, 6.07) is 11.0.